The Morgan fingerprint density at radius 3 is 2.20 bits per heavy atom. The molecule has 15 heavy (non-hydrogen) atoms. The van der Waals surface area contributed by atoms with Gasteiger partial charge in [-0.05, 0) is 49.4 Å². The highest BCUT2D eigenvalue weighted by molar-refractivity contribution is 4.89. The van der Waals surface area contributed by atoms with Crippen molar-refractivity contribution in [2.24, 2.45) is 29.5 Å². The van der Waals surface area contributed by atoms with Crippen LogP contribution in [0.2, 0.25) is 0 Å². The minimum atomic E-state index is 0.605. The lowest BCUT2D eigenvalue weighted by Crippen LogP contribution is -2.49. The smallest absolute Gasteiger partial charge is 0.0267 e. The molecule has 2 nitrogen and oxygen atoms in total. The maximum Gasteiger partial charge on any atom is 0.0267 e. The van der Waals surface area contributed by atoms with E-state index in [2.05, 4.69) is 19.3 Å². The van der Waals surface area contributed by atoms with Crippen LogP contribution in [0.25, 0.3) is 0 Å². The van der Waals surface area contributed by atoms with Crippen LogP contribution in [0.1, 0.15) is 52.4 Å². The van der Waals surface area contributed by atoms with Gasteiger partial charge in [0.2, 0.25) is 0 Å². The Kier molecular flexibility index (Phi) is 3.68. The summed E-state index contributed by atoms with van der Waals surface area (Å²) in [5.41, 5.74) is 3.11. The third-order valence-corrected chi connectivity index (χ3v) is 5.00. The molecule has 0 aromatic heterocycles. The number of hydrogen-bond acceptors (Lipinski definition) is 2. The number of rotatable bonds is 3. The van der Waals surface area contributed by atoms with Gasteiger partial charge in [0.1, 0.15) is 0 Å². The summed E-state index contributed by atoms with van der Waals surface area (Å²) in [5.74, 6) is 9.27. The van der Waals surface area contributed by atoms with Crippen LogP contribution in [0.3, 0.4) is 0 Å². The second kappa shape index (κ2) is 4.84. The van der Waals surface area contributed by atoms with E-state index in [4.69, 9.17) is 5.84 Å². The van der Waals surface area contributed by atoms with E-state index in [0.717, 1.165) is 23.7 Å². The molecule has 2 aliphatic rings. The van der Waals surface area contributed by atoms with Crippen molar-refractivity contribution in [3.05, 3.63) is 0 Å². The summed E-state index contributed by atoms with van der Waals surface area (Å²) in [6, 6.07) is 0.605. The fourth-order valence-corrected chi connectivity index (χ4v) is 3.37. The minimum absolute atomic E-state index is 0.605. The largest absolute Gasteiger partial charge is 0.271 e. The van der Waals surface area contributed by atoms with Crippen molar-refractivity contribution in [1.82, 2.24) is 5.43 Å². The van der Waals surface area contributed by atoms with E-state index in [-0.39, 0.29) is 0 Å². The molecule has 2 aliphatic carbocycles. The molecule has 0 saturated heterocycles. The summed E-state index contributed by atoms with van der Waals surface area (Å²) < 4.78 is 0. The van der Waals surface area contributed by atoms with E-state index in [1.807, 2.05) is 0 Å². The summed E-state index contributed by atoms with van der Waals surface area (Å²) in [6.45, 7) is 4.81. The first-order chi connectivity index (χ1) is 7.22. The van der Waals surface area contributed by atoms with Gasteiger partial charge in [-0.15, -0.1) is 0 Å². The molecule has 4 unspecified atom stereocenters. The highest BCUT2D eigenvalue weighted by atomic mass is 15.2. The molecule has 2 fully saturated rings. The Bertz CT molecular complexity index is 201. The van der Waals surface area contributed by atoms with Gasteiger partial charge in [0, 0.05) is 6.04 Å². The lowest BCUT2D eigenvalue weighted by Gasteiger charge is -2.42. The van der Waals surface area contributed by atoms with Crippen molar-refractivity contribution in [1.29, 1.82) is 0 Å². The van der Waals surface area contributed by atoms with Crippen molar-refractivity contribution in [2.45, 2.75) is 58.4 Å². The second-order valence-electron chi connectivity index (χ2n) is 5.91. The second-order valence-corrected chi connectivity index (χ2v) is 5.91. The van der Waals surface area contributed by atoms with Crippen LogP contribution < -0.4 is 11.3 Å². The summed E-state index contributed by atoms with van der Waals surface area (Å²) in [7, 11) is 0. The van der Waals surface area contributed by atoms with Gasteiger partial charge < -0.3 is 0 Å². The Balaban J connectivity index is 1.90. The monoisotopic (exact) mass is 210 g/mol. The molecule has 2 rings (SSSR count). The number of nitrogens with two attached hydrogens (primary N) is 1. The molecule has 0 spiro atoms. The average molecular weight is 210 g/mol. The van der Waals surface area contributed by atoms with E-state index in [9.17, 15) is 0 Å². The quantitative estimate of drug-likeness (QED) is 0.555. The van der Waals surface area contributed by atoms with E-state index in [0.29, 0.717) is 6.04 Å². The van der Waals surface area contributed by atoms with Gasteiger partial charge in [-0.3, -0.25) is 11.3 Å². The van der Waals surface area contributed by atoms with E-state index >= 15 is 0 Å². The van der Waals surface area contributed by atoms with Gasteiger partial charge in [-0.25, -0.2) is 0 Å². The Morgan fingerprint density at radius 1 is 1.00 bits per heavy atom. The van der Waals surface area contributed by atoms with Crippen LogP contribution in [0.15, 0.2) is 0 Å². The first-order valence-corrected chi connectivity index (χ1v) is 6.68. The zero-order valence-corrected chi connectivity index (χ0v) is 10.2. The highest BCUT2D eigenvalue weighted by Gasteiger charge is 2.36. The third kappa shape index (κ3) is 2.36. The first-order valence-electron chi connectivity index (χ1n) is 6.68. The molecule has 0 radical (unpaired) electrons. The molecular weight excluding hydrogens is 184 g/mol. The molecule has 3 N–H and O–H groups in total. The lowest BCUT2D eigenvalue weighted by molar-refractivity contribution is 0.108. The van der Waals surface area contributed by atoms with Gasteiger partial charge in [0.25, 0.3) is 0 Å². The van der Waals surface area contributed by atoms with Gasteiger partial charge in [0.05, 0.1) is 0 Å². The molecule has 0 heterocycles. The zero-order valence-electron chi connectivity index (χ0n) is 10.2. The minimum Gasteiger partial charge on any atom is -0.271 e. The Hall–Kier alpha value is -0.0800. The molecule has 0 aliphatic heterocycles. The number of hydrazine groups is 1. The fraction of sp³-hybridized carbons (Fsp3) is 1.00. The molecule has 2 heteroatoms. The molecule has 0 aromatic carbocycles. The Morgan fingerprint density at radius 2 is 1.73 bits per heavy atom. The topological polar surface area (TPSA) is 38.0 Å². The highest BCUT2D eigenvalue weighted by Crippen LogP contribution is 2.40. The number of hydrogen-bond donors (Lipinski definition) is 2. The van der Waals surface area contributed by atoms with Crippen LogP contribution >= 0.6 is 0 Å². The normalized spacial score (nSPS) is 39.8. The predicted molar refractivity (Wildman–Crippen MR) is 64.1 cm³/mol. The Labute approximate surface area is 94.0 Å². The summed E-state index contributed by atoms with van der Waals surface area (Å²) in [6.07, 6.45) is 8.38. The van der Waals surface area contributed by atoms with Crippen molar-refractivity contribution in [2.75, 3.05) is 0 Å². The first kappa shape index (κ1) is 11.4. The van der Waals surface area contributed by atoms with Gasteiger partial charge in [0.15, 0.2) is 0 Å². The standard InChI is InChI=1S/C13H26N2/c1-9-6-7-12(8-10(9)2)13(15-14)11-4-3-5-11/h9-13,15H,3-8,14H2,1-2H3. The predicted octanol–water partition coefficient (Wildman–Crippen LogP) is 2.69. The molecule has 2 saturated carbocycles. The average Bonchev–Trinajstić information content (AvgIpc) is 2.16. The van der Waals surface area contributed by atoms with Crippen molar-refractivity contribution < 1.29 is 0 Å². The molecule has 0 amide bonds. The van der Waals surface area contributed by atoms with Crippen molar-refractivity contribution >= 4 is 0 Å². The maximum atomic E-state index is 5.74. The molecule has 0 aromatic rings. The summed E-state index contributed by atoms with van der Waals surface area (Å²) in [5, 5.41) is 0. The summed E-state index contributed by atoms with van der Waals surface area (Å²) in [4.78, 5) is 0. The summed E-state index contributed by atoms with van der Waals surface area (Å²) >= 11 is 0. The van der Waals surface area contributed by atoms with E-state index in [1.54, 1.807) is 0 Å². The third-order valence-electron chi connectivity index (χ3n) is 5.00. The van der Waals surface area contributed by atoms with Crippen LogP contribution in [-0.4, -0.2) is 6.04 Å². The van der Waals surface area contributed by atoms with Crippen LogP contribution in [0.4, 0.5) is 0 Å². The van der Waals surface area contributed by atoms with Gasteiger partial charge >= 0.3 is 0 Å². The molecular formula is C13H26N2. The maximum absolute atomic E-state index is 5.74. The van der Waals surface area contributed by atoms with Crippen LogP contribution in [0.5, 0.6) is 0 Å². The molecule has 0 bridgehead atoms. The van der Waals surface area contributed by atoms with Crippen molar-refractivity contribution in [3.63, 3.8) is 0 Å². The van der Waals surface area contributed by atoms with Gasteiger partial charge in [-0.2, -0.15) is 0 Å². The number of nitrogens with one attached hydrogen (secondary N) is 1. The van der Waals surface area contributed by atoms with E-state index < -0.39 is 0 Å². The zero-order chi connectivity index (χ0) is 10.8. The van der Waals surface area contributed by atoms with Gasteiger partial charge in [-0.1, -0.05) is 26.7 Å². The van der Waals surface area contributed by atoms with Crippen LogP contribution in [0, 0.1) is 23.7 Å². The lowest BCUT2D eigenvalue weighted by atomic mass is 9.67. The molecule has 88 valence electrons. The SMILES string of the molecule is CC1CCC(C(NN)C2CCC2)CC1C. The molecule has 4 atom stereocenters. The van der Waals surface area contributed by atoms with Crippen molar-refractivity contribution in [3.8, 4) is 0 Å². The van der Waals surface area contributed by atoms with E-state index in [1.165, 1.54) is 38.5 Å². The van der Waals surface area contributed by atoms with Crippen LogP contribution in [-0.2, 0) is 0 Å². The fourth-order valence-electron chi connectivity index (χ4n) is 3.37.